The predicted molar refractivity (Wildman–Crippen MR) is 125 cm³/mol. The van der Waals surface area contributed by atoms with E-state index in [1.165, 1.54) is 32.1 Å². The fourth-order valence-electron chi connectivity index (χ4n) is 3.07. The molecule has 0 aliphatic rings. The molecule has 0 aromatic heterocycles. The fraction of sp³-hybridized carbons (Fsp3) is 0.615. The Kier molecular flexibility index (Phi) is 17.4. The molecule has 31 heavy (non-hydrogen) atoms. The smallest absolute Gasteiger partial charge is 0.122 e. The first-order chi connectivity index (χ1) is 15.3. The van der Waals surface area contributed by atoms with Crippen molar-refractivity contribution in [1.82, 2.24) is 0 Å². The first kappa shape index (κ1) is 27.0. The van der Waals surface area contributed by atoms with Crippen molar-refractivity contribution >= 4 is 0 Å². The number of aliphatic hydroxyl groups excluding tert-OH is 3. The fourth-order valence-corrected chi connectivity index (χ4v) is 3.07. The first-order valence-electron chi connectivity index (χ1n) is 11.7. The highest BCUT2D eigenvalue weighted by Crippen LogP contribution is 2.20. The summed E-state index contributed by atoms with van der Waals surface area (Å²) in [7, 11) is 0. The number of aliphatic hydroxyl groups is 3. The summed E-state index contributed by atoms with van der Waals surface area (Å²) in [5, 5.41) is 26.6. The maximum Gasteiger partial charge on any atom is 0.122 e. The molecule has 1 rings (SSSR count). The molecule has 0 aliphatic heterocycles. The Morgan fingerprint density at radius 2 is 1.39 bits per heavy atom. The molecule has 0 aliphatic carbocycles. The standard InChI is InChI=1S/C26H40O5/c27-18-9-11-22-31-26-15-12-14-25(23-26)30-21-10-7-5-3-1-2-4-6-8-13-24(16-19-28)17-20-29/h12,14-16,23,27-29H,1-7,9-11,17-22H2/b24-16+. The lowest BCUT2D eigenvalue weighted by Crippen LogP contribution is -2.00. The third kappa shape index (κ3) is 15.5. The quantitative estimate of drug-likeness (QED) is 0.233. The summed E-state index contributed by atoms with van der Waals surface area (Å²) < 4.78 is 11.5. The topological polar surface area (TPSA) is 79.2 Å². The second-order valence-corrected chi connectivity index (χ2v) is 7.51. The van der Waals surface area contributed by atoms with Crippen LogP contribution in [0.1, 0.15) is 70.6 Å². The maximum absolute atomic E-state index is 8.94. The molecule has 1 aromatic carbocycles. The van der Waals surface area contributed by atoms with Crippen LogP contribution in [0.3, 0.4) is 0 Å². The van der Waals surface area contributed by atoms with Crippen LogP contribution >= 0.6 is 0 Å². The monoisotopic (exact) mass is 432 g/mol. The van der Waals surface area contributed by atoms with Crippen molar-refractivity contribution in [2.24, 2.45) is 0 Å². The zero-order valence-electron chi connectivity index (χ0n) is 18.9. The summed E-state index contributed by atoms with van der Waals surface area (Å²) in [4.78, 5) is 0. The second kappa shape index (κ2) is 19.9. The van der Waals surface area contributed by atoms with Gasteiger partial charge in [-0.15, -0.1) is 0 Å². The molecule has 0 atom stereocenters. The number of rotatable bonds is 18. The van der Waals surface area contributed by atoms with Crippen LogP contribution in [0, 0.1) is 11.8 Å². The Balaban J connectivity index is 2.01. The lowest BCUT2D eigenvalue weighted by atomic mass is 10.1. The molecule has 0 saturated heterocycles. The molecule has 0 amide bonds. The van der Waals surface area contributed by atoms with Crippen molar-refractivity contribution in [2.75, 3.05) is 33.0 Å². The minimum atomic E-state index is -0.0258. The lowest BCUT2D eigenvalue weighted by Gasteiger charge is -2.09. The highest BCUT2D eigenvalue weighted by Gasteiger charge is 1.99. The number of hydrogen-bond acceptors (Lipinski definition) is 5. The Hall–Kier alpha value is -2.00. The van der Waals surface area contributed by atoms with Crippen LogP contribution in [0.15, 0.2) is 35.9 Å². The van der Waals surface area contributed by atoms with E-state index in [0.717, 1.165) is 55.8 Å². The molecular weight excluding hydrogens is 392 g/mol. The van der Waals surface area contributed by atoms with Gasteiger partial charge in [-0.2, -0.15) is 0 Å². The van der Waals surface area contributed by atoms with Gasteiger partial charge in [0.05, 0.1) is 19.8 Å². The van der Waals surface area contributed by atoms with Gasteiger partial charge in [0.15, 0.2) is 0 Å². The Morgan fingerprint density at radius 1 is 0.774 bits per heavy atom. The van der Waals surface area contributed by atoms with Crippen molar-refractivity contribution in [1.29, 1.82) is 0 Å². The number of unbranched alkanes of at least 4 members (excludes halogenated alkanes) is 8. The van der Waals surface area contributed by atoms with Crippen LogP contribution in [0.4, 0.5) is 0 Å². The van der Waals surface area contributed by atoms with Crippen molar-refractivity contribution in [2.45, 2.75) is 70.6 Å². The summed E-state index contributed by atoms with van der Waals surface area (Å²) >= 11 is 0. The van der Waals surface area contributed by atoms with Gasteiger partial charge in [0.2, 0.25) is 0 Å². The van der Waals surface area contributed by atoms with Gasteiger partial charge < -0.3 is 24.8 Å². The number of hydrogen-bond donors (Lipinski definition) is 3. The van der Waals surface area contributed by atoms with E-state index in [2.05, 4.69) is 11.8 Å². The molecule has 0 bridgehead atoms. The van der Waals surface area contributed by atoms with E-state index in [0.29, 0.717) is 13.0 Å². The molecule has 1 aromatic rings. The molecule has 0 radical (unpaired) electrons. The van der Waals surface area contributed by atoms with E-state index >= 15 is 0 Å². The van der Waals surface area contributed by atoms with E-state index in [1.54, 1.807) is 6.08 Å². The second-order valence-electron chi connectivity index (χ2n) is 7.51. The molecule has 174 valence electrons. The van der Waals surface area contributed by atoms with E-state index in [4.69, 9.17) is 24.8 Å². The minimum absolute atomic E-state index is 0.0258. The average Bonchev–Trinajstić information content (AvgIpc) is 2.78. The molecule has 0 fully saturated rings. The van der Waals surface area contributed by atoms with Crippen LogP contribution in [-0.2, 0) is 0 Å². The molecule has 3 N–H and O–H groups in total. The molecule has 0 saturated carbocycles. The summed E-state index contributed by atoms with van der Waals surface area (Å²) in [6.07, 6.45) is 12.9. The summed E-state index contributed by atoms with van der Waals surface area (Å²) in [6, 6.07) is 7.75. The Bertz CT molecular complexity index is 645. The van der Waals surface area contributed by atoms with Crippen LogP contribution in [0.5, 0.6) is 11.5 Å². The summed E-state index contributed by atoms with van der Waals surface area (Å²) in [5.74, 6) is 7.83. The van der Waals surface area contributed by atoms with Gasteiger partial charge in [0.1, 0.15) is 11.5 Å². The predicted octanol–water partition coefficient (Wildman–Crippen LogP) is 4.64. The normalized spacial score (nSPS) is 11.1. The summed E-state index contributed by atoms with van der Waals surface area (Å²) in [5.41, 5.74) is 0.824. The molecule has 0 spiro atoms. The number of ether oxygens (including phenoxy) is 2. The maximum atomic E-state index is 8.94. The molecule has 0 unspecified atom stereocenters. The zero-order chi connectivity index (χ0) is 22.4. The third-order valence-corrected chi connectivity index (χ3v) is 4.81. The van der Waals surface area contributed by atoms with Crippen LogP contribution in [0.25, 0.3) is 0 Å². The molecule has 5 heteroatoms. The zero-order valence-corrected chi connectivity index (χ0v) is 18.9. The highest BCUT2D eigenvalue weighted by atomic mass is 16.5. The van der Waals surface area contributed by atoms with E-state index in [-0.39, 0.29) is 19.8 Å². The van der Waals surface area contributed by atoms with Gasteiger partial charge in [0, 0.05) is 37.7 Å². The number of benzene rings is 1. The molecule has 0 heterocycles. The van der Waals surface area contributed by atoms with Crippen LogP contribution < -0.4 is 9.47 Å². The molecule has 5 nitrogen and oxygen atoms in total. The van der Waals surface area contributed by atoms with Crippen molar-refractivity contribution in [3.63, 3.8) is 0 Å². The van der Waals surface area contributed by atoms with Crippen molar-refractivity contribution in [3.8, 4) is 23.3 Å². The van der Waals surface area contributed by atoms with E-state index in [1.807, 2.05) is 24.3 Å². The van der Waals surface area contributed by atoms with Gasteiger partial charge in [-0.1, -0.05) is 50.0 Å². The highest BCUT2D eigenvalue weighted by molar-refractivity contribution is 5.32. The van der Waals surface area contributed by atoms with Gasteiger partial charge in [0.25, 0.3) is 0 Å². The van der Waals surface area contributed by atoms with Gasteiger partial charge >= 0.3 is 0 Å². The van der Waals surface area contributed by atoms with E-state index < -0.39 is 0 Å². The third-order valence-electron chi connectivity index (χ3n) is 4.81. The van der Waals surface area contributed by atoms with E-state index in [9.17, 15) is 0 Å². The Morgan fingerprint density at radius 3 is 2.00 bits per heavy atom. The van der Waals surface area contributed by atoms with Crippen molar-refractivity contribution in [3.05, 3.63) is 35.9 Å². The van der Waals surface area contributed by atoms with Gasteiger partial charge in [-0.3, -0.25) is 0 Å². The van der Waals surface area contributed by atoms with Crippen LogP contribution in [0.2, 0.25) is 0 Å². The summed E-state index contributed by atoms with van der Waals surface area (Å²) in [6.45, 7) is 1.58. The Labute approximate surface area is 188 Å². The van der Waals surface area contributed by atoms with Crippen LogP contribution in [-0.4, -0.2) is 48.4 Å². The average molecular weight is 433 g/mol. The van der Waals surface area contributed by atoms with Gasteiger partial charge in [-0.25, -0.2) is 0 Å². The van der Waals surface area contributed by atoms with Crippen molar-refractivity contribution < 1.29 is 24.8 Å². The lowest BCUT2D eigenvalue weighted by molar-refractivity contribution is 0.251. The SMILES string of the molecule is OC/C=C(\C#CCCCCCCCCCOc1cccc(OCCCCO)c1)CCO. The minimum Gasteiger partial charge on any atom is -0.493 e. The largest absolute Gasteiger partial charge is 0.493 e. The molecular formula is C26H40O5. The first-order valence-corrected chi connectivity index (χ1v) is 11.7. The van der Waals surface area contributed by atoms with Gasteiger partial charge in [-0.05, 0) is 43.9 Å².